The molecular formula is C26H29ClN4O4. The van der Waals surface area contributed by atoms with Gasteiger partial charge in [0, 0.05) is 28.4 Å². The number of rotatable bonds is 4. The summed E-state index contributed by atoms with van der Waals surface area (Å²) in [5.41, 5.74) is 4.44. The molecule has 3 aromatic rings. The molecule has 3 atom stereocenters. The number of fused-ring (bicyclic) bond motifs is 3. The van der Waals surface area contributed by atoms with Crippen molar-refractivity contribution in [3.05, 3.63) is 47.0 Å². The first-order valence-corrected chi connectivity index (χ1v) is 12.4. The summed E-state index contributed by atoms with van der Waals surface area (Å²) in [5.74, 6) is -0.454. The molecule has 1 aromatic heterocycles. The number of carboxylic acid groups (broad SMARTS) is 1. The Hall–Kier alpha value is -3.26. The van der Waals surface area contributed by atoms with Gasteiger partial charge in [0.05, 0.1) is 29.7 Å². The van der Waals surface area contributed by atoms with Crippen LogP contribution in [0.4, 0.5) is 22.1 Å². The first-order chi connectivity index (χ1) is 16.9. The van der Waals surface area contributed by atoms with E-state index in [0.29, 0.717) is 23.8 Å². The van der Waals surface area contributed by atoms with Gasteiger partial charge in [0.25, 0.3) is 0 Å². The van der Waals surface area contributed by atoms with Crippen LogP contribution in [0.2, 0.25) is 5.02 Å². The van der Waals surface area contributed by atoms with Gasteiger partial charge in [0.1, 0.15) is 0 Å². The van der Waals surface area contributed by atoms with Crippen molar-refractivity contribution in [3.8, 4) is 0 Å². The number of benzene rings is 2. The molecule has 0 saturated heterocycles. The van der Waals surface area contributed by atoms with E-state index >= 15 is 0 Å². The van der Waals surface area contributed by atoms with Gasteiger partial charge in [0.2, 0.25) is 5.95 Å². The van der Waals surface area contributed by atoms with Crippen molar-refractivity contribution in [3.63, 3.8) is 0 Å². The summed E-state index contributed by atoms with van der Waals surface area (Å²) in [6.07, 6.45) is 4.19. The summed E-state index contributed by atoms with van der Waals surface area (Å²) in [5, 5.41) is 13.8. The molecule has 5 rings (SSSR count). The van der Waals surface area contributed by atoms with E-state index in [0.717, 1.165) is 53.7 Å². The van der Waals surface area contributed by atoms with Crippen molar-refractivity contribution in [2.24, 2.45) is 5.92 Å². The molecule has 8 nitrogen and oxygen atoms in total. The lowest BCUT2D eigenvalue weighted by molar-refractivity contribution is -0.143. The molecule has 0 spiro atoms. The minimum Gasteiger partial charge on any atom is -0.481 e. The molecule has 184 valence electrons. The Kier molecular flexibility index (Phi) is 6.32. The molecule has 1 amide bonds. The molecule has 0 bridgehead atoms. The molecule has 0 radical (unpaired) electrons. The number of aromatic nitrogens is 2. The molecule has 2 N–H and O–H groups in total. The van der Waals surface area contributed by atoms with Gasteiger partial charge in [0.15, 0.2) is 0 Å². The average molecular weight is 497 g/mol. The van der Waals surface area contributed by atoms with Crippen LogP contribution < -0.4 is 10.2 Å². The Labute approximate surface area is 208 Å². The summed E-state index contributed by atoms with van der Waals surface area (Å²) < 4.78 is 7.21. The highest BCUT2D eigenvalue weighted by Crippen LogP contribution is 2.42. The standard InChI is InChI=1S/C26H29ClN4O4/c1-15-6-11-20-21(30(15)26(34)35-2)12-13-22-23(20)29-25(28-18-9-7-17(27)8-10-18)31(22)19-5-3-4-16(14-19)24(32)33/h7-10,12-13,15-16,19H,3-6,11,14H2,1-2H3,(H,28,29)(H,32,33)/t15?,16-,19-/m1/s1. The Morgan fingerprint density at radius 2 is 1.91 bits per heavy atom. The fourth-order valence-electron chi connectivity index (χ4n) is 5.52. The maximum Gasteiger partial charge on any atom is 0.414 e. The Morgan fingerprint density at radius 3 is 2.63 bits per heavy atom. The second-order valence-electron chi connectivity index (χ2n) is 9.45. The lowest BCUT2D eigenvalue weighted by Gasteiger charge is -2.34. The summed E-state index contributed by atoms with van der Waals surface area (Å²) >= 11 is 6.07. The summed E-state index contributed by atoms with van der Waals surface area (Å²) in [6.45, 7) is 2.02. The zero-order valence-corrected chi connectivity index (χ0v) is 20.6. The quantitative estimate of drug-likeness (QED) is 0.449. The minimum atomic E-state index is -0.744. The van der Waals surface area contributed by atoms with E-state index in [9.17, 15) is 14.7 Å². The number of aliphatic carboxylic acids is 1. The van der Waals surface area contributed by atoms with E-state index in [2.05, 4.69) is 9.88 Å². The van der Waals surface area contributed by atoms with Gasteiger partial charge in [-0.05, 0) is 75.4 Å². The maximum absolute atomic E-state index is 12.6. The van der Waals surface area contributed by atoms with Crippen LogP contribution in [0.15, 0.2) is 36.4 Å². The van der Waals surface area contributed by atoms with Gasteiger partial charge in [-0.2, -0.15) is 0 Å². The predicted molar refractivity (Wildman–Crippen MR) is 136 cm³/mol. The van der Waals surface area contributed by atoms with Gasteiger partial charge in [-0.3, -0.25) is 9.69 Å². The molecule has 1 fully saturated rings. The number of hydrogen-bond donors (Lipinski definition) is 2. The van der Waals surface area contributed by atoms with E-state index in [1.165, 1.54) is 7.11 Å². The topological polar surface area (TPSA) is 96.7 Å². The van der Waals surface area contributed by atoms with E-state index in [-0.39, 0.29) is 24.1 Å². The molecular weight excluding hydrogens is 468 g/mol. The highest BCUT2D eigenvalue weighted by atomic mass is 35.5. The number of ether oxygens (including phenoxy) is 1. The van der Waals surface area contributed by atoms with Crippen LogP contribution in [0.3, 0.4) is 0 Å². The third kappa shape index (κ3) is 4.31. The number of aryl methyl sites for hydroxylation is 1. The van der Waals surface area contributed by atoms with Crippen LogP contribution in [0.1, 0.15) is 50.6 Å². The van der Waals surface area contributed by atoms with Gasteiger partial charge in [-0.15, -0.1) is 0 Å². The fraction of sp³-hybridized carbons (Fsp3) is 0.423. The van der Waals surface area contributed by atoms with Crippen molar-refractivity contribution < 1.29 is 19.4 Å². The van der Waals surface area contributed by atoms with E-state index in [4.69, 9.17) is 21.3 Å². The van der Waals surface area contributed by atoms with Gasteiger partial charge in [-0.25, -0.2) is 9.78 Å². The van der Waals surface area contributed by atoms with E-state index in [1.807, 2.05) is 43.3 Å². The van der Waals surface area contributed by atoms with E-state index < -0.39 is 5.97 Å². The molecule has 2 aromatic carbocycles. The number of imidazole rings is 1. The smallest absolute Gasteiger partial charge is 0.414 e. The first-order valence-electron chi connectivity index (χ1n) is 12.0. The molecule has 2 heterocycles. The summed E-state index contributed by atoms with van der Waals surface area (Å²) in [7, 11) is 1.40. The second-order valence-corrected chi connectivity index (χ2v) is 9.89. The van der Waals surface area contributed by atoms with Gasteiger partial charge in [-0.1, -0.05) is 18.0 Å². The highest BCUT2D eigenvalue weighted by molar-refractivity contribution is 6.30. The number of amides is 1. The lowest BCUT2D eigenvalue weighted by Crippen LogP contribution is -2.42. The Bertz CT molecular complexity index is 1270. The van der Waals surface area contributed by atoms with Gasteiger partial charge >= 0.3 is 12.1 Å². The normalized spacial score (nSPS) is 22.0. The predicted octanol–water partition coefficient (Wildman–Crippen LogP) is 6.16. The van der Waals surface area contributed by atoms with E-state index in [1.54, 1.807) is 4.90 Å². The van der Waals surface area contributed by atoms with Crippen molar-refractivity contribution in [1.29, 1.82) is 0 Å². The molecule has 9 heteroatoms. The number of halogens is 1. The van der Waals surface area contributed by atoms with Crippen LogP contribution in [-0.4, -0.2) is 39.9 Å². The zero-order chi connectivity index (χ0) is 24.7. The summed E-state index contributed by atoms with van der Waals surface area (Å²) in [6, 6.07) is 11.4. The number of carbonyl (C=O) groups is 2. The highest BCUT2D eigenvalue weighted by Gasteiger charge is 2.34. The largest absolute Gasteiger partial charge is 0.481 e. The molecule has 1 aliphatic carbocycles. The molecule has 1 saturated carbocycles. The third-order valence-corrected chi connectivity index (χ3v) is 7.54. The lowest BCUT2D eigenvalue weighted by atomic mass is 9.85. The van der Waals surface area contributed by atoms with Crippen molar-refractivity contribution in [2.75, 3.05) is 17.3 Å². The van der Waals surface area contributed by atoms with Crippen molar-refractivity contribution in [2.45, 2.75) is 57.5 Å². The second kappa shape index (κ2) is 9.41. The molecule has 35 heavy (non-hydrogen) atoms. The van der Waals surface area contributed by atoms with Crippen LogP contribution in [0.25, 0.3) is 11.0 Å². The molecule has 2 aliphatic rings. The molecule has 1 aliphatic heterocycles. The first kappa shape index (κ1) is 23.5. The van der Waals surface area contributed by atoms with Crippen LogP contribution in [0, 0.1) is 5.92 Å². The van der Waals surface area contributed by atoms with Crippen LogP contribution in [0.5, 0.6) is 0 Å². The SMILES string of the molecule is COC(=O)N1c2ccc3c(nc(Nc4ccc(Cl)cc4)n3[C@@H]3CCC[C@@H](C(=O)O)C3)c2CCC1C. The number of hydrogen-bond acceptors (Lipinski definition) is 5. The van der Waals surface area contributed by atoms with Crippen LogP contribution in [-0.2, 0) is 16.0 Å². The number of carbonyl (C=O) groups excluding carboxylic acids is 1. The number of anilines is 3. The van der Waals surface area contributed by atoms with Crippen LogP contribution >= 0.6 is 11.6 Å². The maximum atomic E-state index is 12.6. The van der Waals surface area contributed by atoms with Crippen molar-refractivity contribution >= 4 is 52.0 Å². The average Bonchev–Trinajstić information content (AvgIpc) is 3.23. The Balaban J connectivity index is 1.65. The minimum absolute atomic E-state index is 0.00178. The molecule has 1 unspecified atom stereocenters. The third-order valence-electron chi connectivity index (χ3n) is 7.29. The zero-order valence-electron chi connectivity index (χ0n) is 19.8. The number of nitrogens with one attached hydrogen (secondary N) is 1. The fourth-order valence-corrected chi connectivity index (χ4v) is 5.64. The van der Waals surface area contributed by atoms with Gasteiger partial charge < -0.3 is 19.7 Å². The summed E-state index contributed by atoms with van der Waals surface area (Å²) in [4.78, 5) is 31.1. The number of carboxylic acids is 1. The van der Waals surface area contributed by atoms with Crippen molar-refractivity contribution in [1.82, 2.24) is 9.55 Å². The monoisotopic (exact) mass is 496 g/mol. The number of methoxy groups -OCH3 is 1. The Morgan fingerprint density at radius 1 is 1.14 bits per heavy atom. The number of nitrogens with zero attached hydrogens (tertiary/aromatic N) is 3.